The van der Waals surface area contributed by atoms with Crippen LogP contribution in [-0.4, -0.2) is 9.97 Å². The van der Waals surface area contributed by atoms with Crippen molar-refractivity contribution in [1.29, 1.82) is 0 Å². The van der Waals surface area contributed by atoms with Crippen LogP contribution in [0.25, 0.3) is 11.3 Å². The maximum atomic E-state index is 6.02. The quantitative estimate of drug-likeness (QED) is 0.686. The Balaban J connectivity index is 2.63. The van der Waals surface area contributed by atoms with Crippen molar-refractivity contribution >= 4 is 11.6 Å². The molecular formula is C12H11ClN2. The van der Waals surface area contributed by atoms with Crippen molar-refractivity contribution in [2.75, 3.05) is 0 Å². The molecule has 0 atom stereocenters. The van der Waals surface area contributed by atoms with E-state index in [1.807, 2.05) is 44.2 Å². The van der Waals surface area contributed by atoms with Crippen LogP contribution < -0.4 is 0 Å². The minimum Gasteiger partial charge on any atom is -0.233 e. The second-order valence-electron chi connectivity index (χ2n) is 3.40. The van der Waals surface area contributed by atoms with Crippen molar-refractivity contribution < 1.29 is 0 Å². The fraction of sp³-hybridized carbons (Fsp3) is 0.167. The Kier molecular flexibility index (Phi) is 2.69. The van der Waals surface area contributed by atoms with Crippen molar-refractivity contribution in [2.24, 2.45) is 0 Å². The molecule has 0 saturated carbocycles. The summed E-state index contributed by atoms with van der Waals surface area (Å²) in [5.74, 6) is 0.699. The van der Waals surface area contributed by atoms with E-state index in [1.165, 1.54) is 0 Å². The first kappa shape index (κ1) is 10.1. The first-order valence-corrected chi connectivity index (χ1v) is 5.12. The van der Waals surface area contributed by atoms with Gasteiger partial charge in [-0.1, -0.05) is 41.9 Å². The maximum Gasteiger partial charge on any atom is 0.136 e. The molecule has 2 rings (SSSR count). The number of aromatic nitrogens is 2. The van der Waals surface area contributed by atoms with E-state index in [2.05, 4.69) is 9.97 Å². The molecule has 0 bridgehead atoms. The summed E-state index contributed by atoms with van der Waals surface area (Å²) in [4.78, 5) is 8.52. The highest BCUT2D eigenvalue weighted by Gasteiger charge is 2.08. The summed E-state index contributed by atoms with van der Waals surface area (Å²) in [5, 5.41) is 0.529. The summed E-state index contributed by atoms with van der Waals surface area (Å²) in [6, 6.07) is 9.99. The van der Waals surface area contributed by atoms with E-state index >= 15 is 0 Å². The van der Waals surface area contributed by atoms with Crippen molar-refractivity contribution in [2.45, 2.75) is 13.8 Å². The van der Waals surface area contributed by atoms with E-state index in [9.17, 15) is 0 Å². The summed E-state index contributed by atoms with van der Waals surface area (Å²) in [6.45, 7) is 3.78. The van der Waals surface area contributed by atoms with Crippen molar-refractivity contribution in [1.82, 2.24) is 9.97 Å². The van der Waals surface area contributed by atoms with Crippen LogP contribution in [0.2, 0.25) is 5.15 Å². The molecular weight excluding hydrogens is 208 g/mol. The Labute approximate surface area is 94.0 Å². The van der Waals surface area contributed by atoms with Crippen molar-refractivity contribution in [3.8, 4) is 11.3 Å². The lowest BCUT2D eigenvalue weighted by atomic mass is 10.1. The summed E-state index contributed by atoms with van der Waals surface area (Å²) >= 11 is 6.02. The van der Waals surface area contributed by atoms with E-state index in [0.717, 1.165) is 16.8 Å². The van der Waals surface area contributed by atoms with E-state index in [4.69, 9.17) is 11.6 Å². The molecule has 0 spiro atoms. The summed E-state index contributed by atoms with van der Waals surface area (Å²) in [6.07, 6.45) is 0. The minimum absolute atomic E-state index is 0.529. The lowest BCUT2D eigenvalue weighted by Crippen LogP contribution is -1.96. The Morgan fingerprint density at radius 2 is 1.67 bits per heavy atom. The molecule has 2 aromatic rings. The third kappa shape index (κ3) is 2.00. The van der Waals surface area contributed by atoms with Gasteiger partial charge in [-0.3, -0.25) is 0 Å². The van der Waals surface area contributed by atoms with Gasteiger partial charge in [0.05, 0.1) is 5.69 Å². The zero-order valence-electron chi connectivity index (χ0n) is 8.66. The number of aryl methyl sites for hydroxylation is 1. The van der Waals surface area contributed by atoms with Gasteiger partial charge >= 0.3 is 0 Å². The highest BCUT2D eigenvalue weighted by molar-refractivity contribution is 6.30. The molecule has 1 aromatic heterocycles. The number of benzene rings is 1. The number of hydrogen-bond donors (Lipinski definition) is 0. The monoisotopic (exact) mass is 218 g/mol. The van der Waals surface area contributed by atoms with Crippen LogP contribution >= 0.6 is 11.6 Å². The van der Waals surface area contributed by atoms with Gasteiger partial charge in [0.1, 0.15) is 11.0 Å². The Morgan fingerprint density at radius 3 is 2.33 bits per heavy atom. The largest absolute Gasteiger partial charge is 0.233 e. The van der Waals surface area contributed by atoms with Gasteiger partial charge in [-0.05, 0) is 13.8 Å². The number of halogens is 1. The smallest absolute Gasteiger partial charge is 0.136 e. The third-order valence-corrected chi connectivity index (χ3v) is 2.61. The van der Waals surface area contributed by atoms with E-state index in [1.54, 1.807) is 0 Å². The summed E-state index contributed by atoms with van der Waals surface area (Å²) in [5.41, 5.74) is 2.91. The molecule has 0 fully saturated rings. The fourth-order valence-corrected chi connectivity index (χ4v) is 1.68. The van der Waals surface area contributed by atoms with E-state index in [-0.39, 0.29) is 0 Å². The molecule has 15 heavy (non-hydrogen) atoms. The highest BCUT2D eigenvalue weighted by atomic mass is 35.5. The van der Waals surface area contributed by atoms with Gasteiger partial charge in [-0.15, -0.1) is 0 Å². The van der Waals surface area contributed by atoms with Gasteiger partial charge in [-0.2, -0.15) is 0 Å². The predicted molar refractivity (Wildman–Crippen MR) is 62.0 cm³/mol. The standard InChI is InChI=1S/C12H11ClN2/c1-8-11(10-6-4-3-5-7-10)14-9(2)15-12(8)13/h3-7H,1-2H3. The lowest BCUT2D eigenvalue weighted by Gasteiger charge is -2.07. The van der Waals surface area contributed by atoms with Crippen LogP contribution in [0, 0.1) is 13.8 Å². The first-order chi connectivity index (χ1) is 7.18. The zero-order chi connectivity index (χ0) is 10.8. The van der Waals surface area contributed by atoms with Gasteiger partial charge in [0.25, 0.3) is 0 Å². The average Bonchev–Trinajstić information content (AvgIpc) is 2.24. The molecule has 2 nitrogen and oxygen atoms in total. The lowest BCUT2D eigenvalue weighted by molar-refractivity contribution is 1.04. The first-order valence-electron chi connectivity index (χ1n) is 4.74. The van der Waals surface area contributed by atoms with Crippen LogP contribution in [0.3, 0.4) is 0 Å². The molecule has 0 unspecified atom stereocenters. The predicted octanol–water partition coefficient (Wildman–Crippen LogP) is 3.41. The Bertz CT molecular complexity index is 480. The second kappa shape index (κ2) is 3.99. The van der Waals surface area contributed by atoms with Crippen molar-refractivity contribution in [3.63, 3.8) is 0 Å². The Morgan fingerprint density at radius 1 is 1.00 bits per heavy atom. The Hall–Kier alpha value is -1.41. The zero-order valence-corrected chi connectivity index (χ0v) is 9.42. The molecule has 76 valence electrons. The molecule has 3 heteroatoms. The maximum absolute atomic E-state index is 6.02. The van der Waals surface area contributed by atoms with Gasteiger partial charge in [-0.25, -0.2) is 9.97 Å². The van der Waals surface area contributed by atoms with Crippen LogP contribution in [0.4, 0.5) is 0 Å². The molecule has 0 aliphatic carbocycles. The topological polar surface area (TPSA) is 25.8 Å². The normalized spacial score (nSPS) is 10.3. The summed E-state index contributed by atoms with van der Waals surface area (Å²) < 4.78 is 0. The number of rotatable bonds is 1. The molecule has 0 N–H and O–H groups in total. The molecule has 1 heterocycles. The average molecular weight is 219 g/mol. The molecule has 0 aliphatic rings. The van der Waals surface area contributed by atoms with E-state index < -0.39 is 0 Å². The molecule has 0 aliphatic heterocycles. The van der Waals surface area contributed by atoms with Crippen LogP contribution in [0.5, 0.6) is 0 Å². The number of nitrogens with zero attached hydrogens (tertiary/aromatic N) is 2. The third-order valence-electron chi connectivity index (χ3n) is 2.25. The molecule has 0 radical (unpaired) electrons. The van der Waals surface area contributed by atoms with Crippen molar-refractivity contribution in [3.05, 3.63) is 46.9 Å². The minimum atomic E-state index is 0.529. The molecule has 0 saturated heterocycles. The highest BCUT2D eigenvalue weighted by Crippen LogP contribution is 2.24. The van der Waals surface area contributed by atoms with Gasteiger partial charge in [0.2, 0.25) is 0 Å². The van der Waals surface area contributed by atoms with Crippen LogP contribution in [0.1, 0.15) is 11.4 Å². The van der Waals surface area contributed by atoms with Gasteiger partial charge in [0, 0.05) is 11.1 Å². The van der Waals surface area contributed by atoms with Crippen LogP contribution in [-0.2, 0) is 0 Å². The van der Waals surface area contributed by atoms with Crippen LogP contribution in [0.15, 0.2) is 30.3 Å². The molecule has 0 amide bonds. The molecule has 1 aromatic carbocycles. The SMILES string of the molecule is Cc1nc(Cl)c(C)c(-c2ccccc2)n1. The van der Waals surface area contributed by atoms with Gasteiger partial charge < -0.3 is 0 Å². The second-order valence-corrected chi connectivity index (χ2v) is 3.76. The van der Waals surface area contributed by atoms with E-state index in [0.29, 0.717) is 11.0 Å². The number of hydrogen-bond acceptors (Lipinski definition) is 2. The summed E-state index contributed by atoms with van der Waals surface area (Å²) in [7, 11) is 0. The fourth-order valence-electron chi connectivity index (χ4n) is 1.47. The van der Waals surface area contributed by atoms with Gasteiger partial charge in [0.15, 0.2) is 0 Å².